The van der Waals surface area contributed by atoms with Gasteiger partial charge in [0.2, 0.25) is 0 Å². The van der Waals surface area contributed by atoms with Gasteiger partial charge in [0, 0.05) is 27.3 Å². The number of para-hydroxylation sites is 1. The molecule has 0 saturated carbocycles. The molecule has 0 bridgehead atoms. The molecule has 0 amide bonds. The molecule has 110 valence electrons. The van der Waals surface area contributed by atoms with E-state index in [1.54, 1.807) is 33.5 Å². The molecule has 2 atom stereocenters. The second-order valence-corrected chi connectivity index (χ2v) is 4.87. The van der Waals surface area contributed by atoms with Crippen LogP contribution < -0.4 is 4.74 Å². The van der Waals surface area contributed by atoms with Gasteiger partial charge in [-0.2, -0.15) is 0 Å². The van der Waals surface area contributed by atoms with E-state index in [2.05, 4.69) is 4.90 Å². The van der Waals surface area contributed by atoms with Crippen molar-refractivity contribution < 1.29 is 19.0 Å². The maximum absolute atomic E-state index is 12.4. The number of Topliss-reactive ketones (excluding diaryl/α,β-unsaturated/α-hetero) is 1. The Bertz CT molecular complexity index is 451. The summed E-state index contributed by atoms with van der Waals surface area (Å²) in [6.07, 6.45) is 0.0379. The van der Waals surface area contributed by atoms with Crippen molar-refractivity contribution in [1.82, 2.24) is 4.90 Å². The first-order chi connectivity index (χ1) is 9.69. The van der Waals surface area contributed by atoms with Crippen LogP contribution in [-0.2, 0) is 9.47 Å². The van der Waals surface area contributed by atoms with E-state index in [-0.39, 0.29) is 18.0 Å². The van der Waals surface area contributed by atoms with Gasteiger partial charge in [-0.3, -0.25) is 9.69 Å². The lowest BCUT2D eigenvalue weighted by atomic mass is 10.1. The summed E-state index contributed by atoms with van der Waals surface area (Å²) in [5, 5.41) is 0. The van der Waals surface area contributed by atoms with E-state index >= 15 is 0 Å². The van der Waals surface area contributed by atoms with Crippen LogP contribution in [-0.4, -0.2) is 63.9 Å². The molecule has 1 saturated heterocycles. The number of carbonyl (C=O) groups excluding carboxylic acids is 1. The molecular weight excluding hydrogens is 258 g/mol. The molecular formula is C15H21NO4. The lowest BCUT2D eigenvalue weighted by Gasteiger charge is -2.15. The molecule has 1 aromatic rings. The van der Waals surface area contributed by atoms with Crippen LogP contribution in [0.1, 0.15) is 10.4 Å². The quantitative estimate of drug-likeness (QED) is 0.733. The topological polar surface area (TPSA) is 48.0 Å². The van der Waals surface area contributed by atoms with Gasteiger partial charge < -0.3 is 14.2 Å². The van der Waals surface area contributed by atoms with Crippen molar-refractivity contribution >= 4 is 5.78 Å². The molecule has 5 nitrogen and oxygen atoms in total. The summed E-state index contributed by atoms with van der Waals surface area (Å²) < 4.78 is 16.0. The highest BCUT2D eigenvalue weighted by Gasteiger charge is 2.34. The molecule has 0 radical (unpaired) electrons. The van der Waals surface area contributed by atoms with E-state index in [1.807, 2.05) is 12.1 Å². The Kier molecular flexibility index (Phi) is 5.11. The van der Waals surface area contributed by atoms with Crippen LogP contribution in [0.2, 0.25) is 0 Å². The third kappa shape index (κ3) is 3.17. The van der Waals surface area contributed by atoms with Crippen molar-refractivity contribution in [2.24, 2.45) is 0 Å². The number of ketones is 1. The minimum absolute atomic E-state index is 0.0190. The first kappa shape index (κ1) is 15.0. The van der Waals surface area contributed by atoms with Crippen molar-refractivity contribution in [1.29, 1.82) is 0 Å². The predicted octanol–water partition coefficient (Wildman–Crippen LogP) is 1.22. The third-order valence-corrected chi connectivity index (χ3v) is 3.67. The molecule has 1 aliphatic heterocycles. The largest absolute Gasteiger partial charge is 0.496 e. The number of hydrogen-bond acceptors (Lipinski definition) is 5. The number of ether oxygens (including phenoxy) is 3. The van der Waals surface area contributed by atoms with E-state index in [0.29, 0.717) is 30.9 Å². The molecule has 1 fully saturated rings. The highest BCUT2D eigenvalue weighted by Crippen LogP contribution is 2.20. The SMILES string of the molecule is COc1ccccc1C(=O)CN1CC(OC)C(OC)C1. The van der Waals surface area contributed by atoms with E-state index in [0.717, 1.165) is 0 Å². The van der Waals surface area contributed by atoms with Gasteiger partial charge in [0.05, 0.1) is 31.4 Å². The molecule has 20 heavy (non-hydrogen) atoms. The summed E-state index contributed by atoms with van der Waals surface area (Å²) in [4.78, 5) is 14.4. The lowest BCUT2D eigenvalue weighted by Crippen LogP contribution is -2.29. The molecule has 0 spiro atoms. The van der Waals surface area contributed by atoms with Gasteiger partial charge in [-0.05, 0) is 12.1 Å². The Morgan fingerprint density at radius 3 is 2.30 bits per heavy atom. The number of rotatable bonds is 6. The fraction of sp³-hybridized carbons (Fsp3) is 0.533. The first-order valence-electron chi connectivity index (χ1n) is 6.63. The zero-order chi connectivity index (χ0) is 14.5. The summed E-state index contributed by atoms with van der Waals surface area (Å²) in [6, 6.07) is 7.29. The maximum atomic E-state index is 12.4. The minimum Gasteiger partial charge on any atom is -0.496 e. The van der Waals surface area contributed by atoms with Crippen LogP contribution in [0.15, 0.2) is 24.3 Å². The number of hydrogen-bond donors (Lipinski definition) is 0. The van der Waals surface area contributed by atoms with Crippen LogP contribution >= 0.6 is 0 Å². The average Bonchev–Trinajstić information content (AvgIpc) is 2.89. The Labute approximate surface area is 119 Å². The van der Waals surface area contributed by atoms with Crippen LogP contribution in [0.5, 0.6) is 5.75 Å². The Hall–Kier alpha value is -1.43. The third-order valence-electron chi connectivity index (χ3n) is 3.67. The van der Waals surface area contributed by atoms with Crippen LogP contribution in [0, 0.1) is 0 Å². The highest BCUT2D eigenvalue weighted by atomic mass is 16.5. The number of methoxy groups -OCH3 is 3. The number of carbonyl (C=O) groups is 1. The average molecular weight is 279 g/mol. The zero-order valence-electron chi connectivity index (χ0n) is 12.2. The Balaban J connectivity index is 2.02. The maximum Gasteiger partial charge on any atom is 0.180 e. The molecule has 0 aromatic heterocycles. The van der Waals surface area contributed by atoms with Crippen LogP contribution in [0.4, 0.5) is 0 Å². The van der Waals surface area contributed by atoms with Crippen molar-refractivity contribution in [2.45, 2.75) is 12.2 Å². The normalized spacial score (nSPS) is 22.9. The van der Waals surface area contributed by atoms with Gasteiger partial charge in [0.15, 0.2) is 5.78 Å². The van der Waals surface area contributed by atoms with Crippen molar-refractivity contribution in [3.8, 4) is 5.75 Å². The molecule has 2 rings (SSSR count). The van der Waals surface area contributed by atoms with Gasteiger partial charge in [-0.15, -0.1) is 0 Å². The van der Waals surface area contributed by atoms with Crippen molar-refractivity contribution in [3.05, 3.63) is 29.8 Å². The number of likely N-dealkylation sites (tertiary alicyclic amines) is 1. The van der Waals surface area contributed by atoms with E-state index in [4.69, 9.17) is 14.2 Å². The van der Waals surface area contributed by atoms with Gasteiger partial charge in [0.25, 0.3) is 0 Å². The Morgan fingerprint density at radius 1 is 1.15 bits per heavy atom. The van der Waals surface area contributed by atoms with Crippen LogP contribution in [0.3, 0.4) is 0 Å². The fourth-order valence-electron chi connectivity index (χ4n) is 2.56. The Morgan fingerprint density at radius 2 is 1.75 bits per heavy atom. The van der Waals surface area contributed by atoms with Crippen molar-refractivity contribution in [2.75, 3.05) is 41.0 Å². The van der Waals surface area contributed by atoms with Gasteiger partial charge in [0.1, 0.15) is 5.75 Å². The second-order valence-electron chi connectivity index (χ2n) is 4.87. The van der Waals surface area contributed by atoms with Gasteiger partial charge in [-0.25, -0.2) is 0 Å². The zero-order valence-corrected chi connectivity index (χ0v) is 12.2. The van der Waals surface area contributed by atoms with Crippen molar-refractivity contribution in [3.63, 3.8) is 0 Å². The summed E-state index contributed by atoms with van der Waals surface area (Å²) in [7, 11) is 4.91. The van der Waals surface area contributed by atoms with E-state index < -0.39 is 0 Å². The molecule has 0 N–H and O–H groups in total. The summed E-state index contributed by atoms with van der Waals surface area (Å²) >= 11 is 0. The summed E-state index contributed by atoms with van der Waals surface area (Å²) in [6.45, 7) is 1.76. The molecule has 1 heterocycles. The fourth-order valence-corrected chi connectivity index (χ4v) is 2.56. The van der Waals surface area contributed by atoms with Gasteiger partial charge in [-0.1, -0.05) is 12.1 Å². The lowest BCUT2D eigenvalue weighted by molar-refractivity contribution is -0.00461. The monoisotopic (exact) mass is 279 g/mol. The smallest absolute Gasteiger partial charge is 0.180 e. The molecule has 1 aliphatic rings. The number of nitrogens with zero attached hydrogens (tertiary/aromatic N) is 1. The molecule has 1 aromatic carbocycles. The minimum atomic E-state index is 0.0190. The van der Waals surface area contributed by atoms with E-state index in [1.165, 1.54) is 0 Å². The van der Waals surface area contributed by atoms with Crippen LogP contribution in [0.25, 0.3) is 0 Å². The standard InChI is InChI=1S/C15H21NO4/c1-18-13-7-5-4-6-11(13)12(17)8-16-9-14(19-2)15(10-16)20-3/h4-7,14-15H,8-10H2,1-3H3. The number of benzene rings is 1. The summed E-state index contributed by atoms with van der Waals surface area (Å²) in [5.74, 6) is 0.664. The first-order valence-corrected chi connectivity index (χ1v) is 6.63. The predicted molar refractivity (Wildman–Crippen MR) is 75.4 cm³/mol. The molecule has 0 aliphatic carbocycles. The summed E-state index contributed by atoms with van der Waals surface area (Å²) in [5.41, 5.74) is 0.616. The van der Waals surface area contributed by atoms with Gasteiger partial charge >= 0.3 is 0 Å². The van der Waals surface area contributed by atoms with E-state index in [9.17, 15) is 4.79 Å². The molecule has 5 heteroatoms. The second kappa shape index (κ2) is 6.83. The molecule has 2 unspecified atom stereocenters. The highest BCUT2D eigenvalue weighted by molar-refractivity contribution is 6.00.